The normalized spacial score (nSPS) is 14.8. The molecule has 0 aromatic carbocycles. The highest BCUT2D eigenvalue weighted by Gasteiger charge is 2.26. The third-order valence-corrected chi connectivity index (χ3v) is 3.57. The van der Waals surface area contributed by atoms with Gasteiger partial charge in [0.15, 0.2) is 0 Å². The number of rotatable bonds is 4. The van der Waals surface area contributed by atoms with E-state index in [2.05, 4.69) is 4.98 Å². The average molecular weight is 273 g/mol. The third kappa shape index (κ3) is 3.11. The van der Waals surface area contributed by atoms with Crippen LogP contribution in [0.4, 0.5) is 0 Å². The van der Waals surface area contributed by atoms with Crippen molar-refractivity contribution in [3.8, 4) is 0 Å². The molecular weight excluding hydrogens is 259 g/mol. The fourth-order valence-corrected chi connectivity index (χ4v) is 1.96. The number of nitrogens with zero attached hydrogens (tertiary/aromatic N) is 2. The maximum absolute atomic E-state index is 12.2. The van der Waals surface area contributed by atoms with Gasteiger partial charge in [0, 0.05) is 19.3 Å². The lowest BCUT2D eigenvalue weighted by molar-refractivity contribution is 0.0756. The van der Waals surface area contributed by atoms with Gasteiger partial charge in [0.2, 0.25) is 0 Å². The third-order valence-electron chi connectivity index (χ3n) is 2.89. The van der Waals surface area contributed by atoms with Gasteiger partial charge in [-0.3, -0.25) is 4.79 Å². The quantitative estimate of drug-likeness (QED) is 0.789. The molecule has 17 heavy (non-hydrogen) atoms. The number of aromatic nitrogens is 1. The van der Waals surface area contributed by atoms with Gasteiger partial charge in [-0.1, -0.05) is 23.2 Å². The molecular formula is C12H14Cl2N2O. The van der Waals surface area contributed by atoms with Crippen LogP contribution in [-0.4, -0.2) is 28.9 Å². The average Bonchev–Trinajstić information content (AvgIpc) is 3.12. The Bertz CT molecular complexity index is 433. The zero-order valence-corrected chi connectivity index (χ0v) is 11.1. The summed E-state index contributed by atoms with van der Waals surface area (Å²) in [5.74, 6) is 0.653. The van der Waals surface area contributed by atoms with Crippen LogP contribution in [0.25, 0.3) is 0 Å². The fraction of sp³-hybridized carbons (Fsp3) is 0.500. The number of pyridine rings is 1. The van der Waals surface area contributed by atoms with E-state index in [4.69, 9.17) is 23.2 Å². The van der Waals surface area contributed by atoms with Gasteiger partial charge in [0.05, 0.1) is 10.6 Å². The highest BCUT2D eigenvalue weighted by atomic mass is 35.5. The molecule has 1 aliphatic carbocycles. The summed E-state index contributed by atoms with van der Waals surface area (Å²) in [4.78, 5) is 17.9. The van der Waals surface area contributed by atoms with Crippen molar-refractivity contribution >= 4 is 29.1 Å². The van der Waals surface area contributed by atoms with Gasteiger partial charge in [0.25, 0.3) is 5.91 Å². The van der Waals surface area contributed by atoms with E-state index >= 15 is 0 Å². The fourth-order valence-electron chi connectivity index (χ4n) is 1.69. The van der Waals surface area contributed by atoms with Crippen LogP contribution in [0, 0.1) is 5.92 Å². The number of hydrogen-bond donors (Lipinski definition) is 0. The van der Waals surface area contributed by atoms with Crippen LogP contribution in [0.3, 0.4) is 0 Å². The van der Waals surface area contributed by atoms with Crippen LogP contribution >= 0.6 is 23.2 Å². The molecule has 1 heterocycles. The Morgan fingerprint density at radius 3 is 2.76 bits per heavy atom. The molecule has 1 aromatic heterocycles. The lowest BCUT2D eigenvalue weighted by atomic mass is 10.2. The van der Waals surface area contributed by atoms with Crippen molar-refractivity contribution in [3.05, 3.63) is 28.0 Å². The summed E-state index contributed by atoms with van der Waals surface area (Å²) in [6, 6.07) is 1.58. The molecule has 0 N–H and O–H groups in total. The van der Waals surface area contributed by atoms with Gasteiger partial charge in [-0.05, 0) is 31.7 Å². The summed E-state index contributed by atoms with van der Waals surface area (Å²) in [6.45, 7) is 3.51. The number of hydrogen-bond acceptors (Lipinski definition) is 2. The molecule has 2 rings (SSSR count). The van der Waals surface area contributed by atoms with Crippen LogP contribution in [0.5, 0.6) is 0 Å². The van der Waals surface area contributed by atoms with Crippen molar-refractivity contribution in [1.29, 1.82) is 0 Å². The molecule has 1 aromatic rings. The van der Waals surface area contributed by atoms with Crippen LogP contribution in [0.2, 0.25) is 10.2 Å². The van der Waals surface area contributed by atoms with E-state index in [-0.39, 0.29) is 11.1 Å². The molecule has 1 fully saturated rings. The standard InChI is InChI=1S/C12H14Cl2N2O/c1-2-16(7-8-3-4-8)12(17)9-5-10(13)11(14)15-6-9/h5-6,8H,2-4,7H2,1H3. The first-order valence-corrected chi connectivity index (χ1v) is 6.47. The SMILES string of the molecule is CCN(CC1CC1)C(=O)c1cnc(Cl)c(Cl)c1. The molecule has 1 aliphatic rings. The molecule has 5 heteroatoms. The minimum absolute atomic E-state index is 0.0227. The molecule has 0 radical (unpaired) electrons. The topological polar surface area (TPSA) is 33.2 Å². The first-order valence-electron chi connectivity index (χ1n) is 5.72. The maximum Gasteiger partial charge on any atom is 0.255 e. The second kappa shape index (κ2) is 5.23. The molecule has 1 saturated carbocycles. The van der Waals surface area contributed by atoms with E-state index in [1.165, 1.54) is 19.0 Å². The molecule has 0 spiro atoms. The van der Waals surface area contributed by atoms with Crippen LogP contribution in [0.1, 0.15) is 30.1 Å². The molecule has 0 saturated heterocycles. The number of amides is 1. The minimum Gasteiger partial charge on any atom is -0.339 e. The van der Waals surface area contributed by atoms with E-state index in [0.717, 1.165) is 6.54 Å². The van der Waals surface area contributed by atoms with Crippen molar-refractivity contribution in [2.45, 2.75) is 19.8 Å². The second-order valence-corrected chi connectivity index (χ2v) is 5.05. The summed E-state index contributed by atoms with van der Waals surface area (Å²) in [6.07, 6.45) is 3.93. The molecule has 0 unspecified atom stereocenters. The van der Waals surface area contributed by atoms with Crippen LogP contribution in [-0.2, 0) is 0 Å². The van der Waals surface area contributed by atoms with Gasteiger partial charge < -0.3 is 4.90 Å². The summed E-state index contributed by atoms with van der Waals surface area (Å²) in [5.41, 5.74) is 0.502. The van der Waals surface area contributed by atoms with Gasteiger partial charge >= 0.3 is 0 Å². The first-order chi connectivity index (χ1) is 8.11. The summed E-state index contributed by atoms with van der Waals surface area (Å²) >= 11 is 11.6. The number of carbonyl (C=O) groups is 1. The Labute approximate surface area is 111 Å². The lowest BCUT2D eigenvalue weighted by Gasteiger charge is -2.20. The van der Waals surface area contributed by atoms with Crippen LogP contribution < -0.4 is 0 Å². The molecule has 0 bridgehead atoms. The Balaban J connectivity index is 2.12. The highest BCUT2D eigenvalue weighted by Crippen LogP contribution is 2.30. The second-order valence-electron chi connectivity index (χ2n) is 4.28. The lowest BCUT2D eigenvalue weighted by Crippen LogP contribution is -2.32. The van der Waals surface area contributed by atoms with Gasteiger partial charge in [-0.2, -0.15) is 0 Å². The van der Waals surface area contributed by atoms with Crippen molar-refractivity contribution in [2.24, 2.45) is 5.92 Å². The first kappa shape index (κ1) is 12.7. The zero-order valence-electron chi connectivity index (χ0n) is 9.62. The molecule has 92 valence electrons. The summed E-state index contributed by atoms with van der Waals surface area (Å²) < 4.78 is 0. The van der Waals surface area contributed by atoms with Gasteiger partial charge in [-0.15, -0.1) is 0 Å². The van der Waals surface area contributed by atoms with Crippen molar-refractivity contribution in [3.63, 3.8) is 0 Å². The predicted octanol–water partition coefficient (Wildman–Crippen LogP) is 3.26. The van der Waals surface area contributed by atoms with E-state index in [1.807, 2.05) is 11.8 Å². The summed E-state index contributed by atoms with van der Waals surface area (Å²) in [7, 11) is 0. The zero-order chi connectivity index (χ0) is 12.4. The molecule has 0 aliphatic heterocycles. The van der Waals surface area contributed by atoms with Gasteiger partial charge in [0.1, 0.15) is 5.15 Å². The van der Waals surface area contributed by atoms with Gasteiger partial charge in [-0.25, -0.2) is 4.98 Å². The number of halogens is 2. The molecule has 0 atom stereocenters. The maximum atomic E-state index is 12.2. The molecule has 3 nitrogen and oxygen atoms in total. The monoisotopic (exact) mass is 272 g/mol. The van der Waals surface area contributed by atoms with E-state index in [0.29, 0.717) is 23.0 Å². The van der Waals surface area contributed by atoms with E-state index in [9.17, 15) is 4.79 Å². The highest BCUT2D eigenvalue weighted by molar-refractivity contribution is 6.41. The van der Waals surface area contributed by atoms with E-state index in [1.54, 1.807) is 6.07 Å². The Morgan fingerprint density at radius 2 is 2.24 bits per heavy atom. The van der Waals surface area contributed by atoms with Crippen LogP contribution in [0.15, 0.2) is 12.3 Å². The smallest absolute Gasteiger partial charge is 0.255 e. The summed E-state index contributed by atoms with van der Waals surface area (Å²) in [5, 5.41) is 0.549. The van der Waals surface area contributed by atoms with Crippen molar-refractivity contribution in [2.75, 3.05) is 13.1 Å². The Morgan fingerprint density at radius 1 is 1.53 bits per heavy atom. The van der Waals surface area contributed by atoms with E-state index < -0.39 is 0 Å². The predicted molar refractivity (Wildman–Crippen MR) is 68.6 cm³/mol. The van der Waals surface area contributed by atoms with Crippen molar-refractivity contribution < 1.29 is 4.79 Å². The Hall–Kier alpha value is -0.800. The largest absolute Gasteiger partial charge is 0.339 e. The minimum atomic E-state index is -0.0227. The van der Waals surface area contributed by atoms with Crippen molar-refractivity contribution in [1.82, 2.24) is 9.88 Å². The number of carbonyl (C=O) groups excluding carboxylic acids is 1. The molecule has 1 amide bonds. The Kier molecular flexibility index (Phi) is 3.89.